The maximum Gasteiger partial charge on any atom is 0.303 e. The molecule has 24 heavy (non-hydrogen) atoms. The monoisotopic (exact) mass is 328 g/mol. The second-order valence-corrected chi connectivity index (χ2v) is 6.13. The number of fused-ring (bicyclic) bond motifs is 1. The van der Waals surface area contributed by atoms with Crippen molar-refractivity contribution in [1.29, 1.82) is 0 Å². The zero-order chi connectivity index (χ0) is 17.3. The number of anilines is 1. The van der Waals surface area contributed by atoms with Crippen LogP contribution in [0.25, 0.3) is 0 Å². The third-order valence-corrected chi connectivity index (χ3v) is 4.49. The molecule has 3 rings (SSSR count). The van der Waals surface area contributed by atoms with E-state index in [1.54, 1.807) is 6.07 Å². The molecule has 0 fully saturated rings. The maximum atomic E-state index is 12.1. The standard InChI is InChI=1S/C18H20N2O4/c1-11-15(12(2)24-19-11)10-20-8-7-13-9-14(3-4-16(13)20)17(21)5-6-18(22)23/h3-4,9H,5-8,10H2,1-2H3,(H,22,23). The van der Waals surface area contributed by atoms with E-state index < -0.39 is 5.97 Å². The smallest absolute Gasteiger partial charge is 0.303 e. The number of rotatable bonds is 6. The average Bonchev–Trinajstić information content (AvgIpc) is 3.10. The molecule has 0 saturated heterocycles. The first kappa shape index (κ1) is 16.2. The first-order valence-electron chi connectivity index (χ1n) is 8.00. The molecule has 6 heteroatoms. The molecule has 126 valence electrons. The van der Waals surface area contributed by atoms with Crippen molar-refractivity contribution in [2.75, 3.05) is 11.4 Å². The summed E-state index contributed by atoms with van der Waals surface area (Å²) in [6.07, 6.45) is 0.782. The fourth-order valence-corrected chi connectivity index (χ4v) is 3.09. The highest BCUT2D eigenvalue weighted by Gasteiger charge is 2.23. The number of carbonyl (C=O) groups excluding carboxylic acids is 1. The van der Waals surface area contributed by atoms with Gasteiger partial charge in [0, 0.05) is 36.3 Å². The summed E-state index contributed by atoms with van der Waals surface area (Å²) in [5, 5.41) is 12.7. The molecule has 1 aliphatic rings. The zero-order valence-electron chi connectivity index (χ0n) is 13.8. The van der Waals surface area contributed by atoms with Crippen LogP contribution in [0.1, 0.15) is 45.8 Å². The summed E-state index contributed by atoms with van der Waals surface area (Å²) in [7, 11) is 0. The van der Waals surface area contributed by atoms with Gasteiger partial charge in [-0.3, -0.25) is 9.59 Å². The SMILES string of the molecule is Cc1noc(C)c1CN1CCc2cc(C(=O)CCC(=O)O)ccc21. The van der Waals surface area contributed by atoms with Crippen molar-refractivity contribution in [3.05, 3.63) is 46.3 Å². The topological polar surface area (TPSA) is 83.6 Å². The van der Waals surface area contributed by atoms with Gasteiger partial charge in [-0.2, -0.15) is 0 Å². The number of ketones is 1. The Labute approximate surface area is 140 Å². The number of carboxylic acids is 1. The van der Waals surface area contributed by atoms with Gasteiger partial charge < -0.3 is 14.5 Å². The number of carbonyl (C=O) groups is 2. The maximum absolute atomic E-state index is 12.1. The Balaban J connectivity index is 1.76. The lowest BCUT2D eigenvalue weighted by Gasteiger charge is -2.19. The lowest BCUT2D eigenvalue weighted by Crippen LogP contribution is -2.20. The summed E-state index contributed by atoms with van der Waals surface area (Å²) in [4.78, 5) is 24.9. The minimum Gasteiger partial charge on any atom is -0.481 e. The number of benzene rings is 1. The molecule has 0 bridgehead atoms. The van der Waals surface area contributed by atoms with Crippen LogP contribution < -0.4 is 4.90 Å². The van der Waals surface area contributed by atoms with Crippen molar-refractivity contribution in [2.45, 2.75) is 39.7 Å². The Morgan fingerprint density at radius 1 is 1.29 bits per heavy atom. The molecule has 1 aliphatic heterocycles. The lowest BCUT2D eigenvalue weighted by molar-refractivity contribution is -0.136. The highest BCUT2D eigenvalue weighted by molar-refractivity contribution is 5.98. The van der Waals surface area contributed by atoms with Crippen molar-refractivity contribution < 1.29 is 19.2 Å². The summed E-state index contributed by atoms with van der Waals surface area (Å²) in [5.41, 5.74) is 4.84. The summed E-state index contributed by atoms with van der Waals surface area (Å²) in [6, 6.07) is 5.63. The van der Waals surface area contributed by atoms with Gasteiger partial charge in [-0.1, -0.05) is 5.16 Å². The summed E-state index contributed by atoms with van der Waals surface area (Å²) in [6.45, 7) is 5.47. The van der Waals surface area contributed by atoms with Gasteiger partial charge in [0.2, 0.25) is 0 Å². The second kappa shape index (κ2) is 6.47. The van der Waals surface area contributed by atoms with Crippen LogP contribution in [-0.2, 0) is 17.8 Å². The molecule has 0 atom stereocenters. The van der Waals surface area contributed by atoms with Crippen LogP contribution in [0.5, 0.6) is 0 Å². The van der Waals surface area contributed by atoms with Gasteiger partial charge in [0.25, 0.3) is 0 Å². The van der Waals surface area contributed by atoms with Crippen molar-refractivity contribution in [3.63, 3.8) is 0 Å². The molecule has 2 aromatic rings. The quantitative estimate of drug-likeness (QED) is 0.821. The molecular formula is C18H20N2O4. The van der Waals surface area contributed by atoms with Gasteiger partial charge in [-0.25, -0.2) is 0 Å². The highest BCUT2D eigenvalue weighted by Crippen LogP contribution is 2.31. The molecule has 1 aromatic heterocycles. The minimum absolute atomic E-state index is 0.0386. The van der Waals surface area contributed by atoms with E-state index in [4.69, 9.17) is 9.63 Å². The van der Waals surface area contributed by atoms with E-state index in [0.29, 0.717) is 5.56 Å². The van der Waals surface area contributed by atoms with Crippen LogP contribution >= 0.6 is 0 Å². The zero-order valence-corrected chi connectivity index (χ0v) is 13.8. The molecule has 0 aliphatic carbocycles. The molecule has 2 heterocycles. The Kier molecular flexibility index (Phi) is 4.38. The fraction of sp³-hybridized carbons (Fsp3) is 0.389. The summed E-state index contributed by atoms with van der Waals surface area (Å²) < 4.78 is 5.22. The number of hydrogen-bond acceptors (Lipinski definition) is 5. The highest BCUT2D eigenvalue weighted by atomic mass is 16.5. The molecular weight excluding hydrogens is 308 g/mol. The van der Waals surface area contributed by atoms with Gasteiger partial charge in [-0.15, -0.1) is 0 Å². The minimum atomic E-state index is -0.949. The van der Waals surface area contributed by atoms with E-state index in [2.05, 4.69) is 10.1 Å². The van der Waals surface area contributed by atoms with Gasteiger partial charge in [0.05, 0.1) is 12.1 Å². The number of carboxylic acid groups (broad SMARTS) is 1. The predicted octanol–water partition coefficient (Wildman–Crippen LogP) is 2.90. The normalized spacial score (nSPS) is 13.2. The van der Waals surface area contributed by atoms with Crippen LogP contribution in [0, 0.1) is 13.8 Å². The van der Waals surface area contributed by atoms with Crippen molar-refractivity contribution in [1.82, 2.24) is 5.16 Å². The molecule has 1 aromatic carbocycles. The van der Waals surface area contributed by atoms with Crippen LogP contribution in [0.15, 0.2) is 22.7 Å². The Morgan fingerprint density at radius 3 is 2.75 bits per heavy atom. The van der Waals surface area contributed by atoms with Crippen molar-refractivity contribution in [2.24, 2.45) is 0 Å². The third-order valence-electron chi connectivity index (χ3n) is 4.49. The number of aromatic nitrogens is 1. The van der Waals surface area contributed by atoms with Gasteiger partial charge >= 0.3 is 5.97 Å². The number of nitrogens with zero attached hydrogens (tertiary/aromatic N) is 2. The van der Waals surface area contributed by atoms with Crippen LogP contribution in [-0.4, -0.2) is 28.6 Å². The van der Waals surface area contributed by atoms with Crippen LogP contribution in [0.3, 0.4) is 0 Å². The van der Waals surface area contributed by atoms with E-state index in [0.717, 1.165) is 47.8 Å². The van der Waals surface area contributed by atoms with Crippen LogP contribution in [0.2, 0.25) is 0 Å². The molecule has 1 N–H and O–H groups in total. The largest absolute Gasteiger partial charge is 0.481 e. The molecule has 0 amide bonds. The van der Waals surface area contributed by atoms with Crippen LogP contribution in [0.4, 0.5) is 5.69 Å². The number of aryl methyl sites for hydroxylation is 2. The number of hydrogen-bond donors (Lipinski definition) is 1. The third kappa shape index (κ3) is 3.18. The molecule has 6 nitrogen and oxygen atoms in total. The van der Waals surface area contributed by atoms with Gasteiger partial charge in [0.1, 0.15) is 5.76 Å². The number of Topliss-reactive ketones (excluding diaryl/α,β-unsaturated/α-hetero) is 1. The molecule has 0 saturated carbocycles. The number of aliphatic carboxylic acids is 1. The van der Waals surface area contributed by atoms with Crippen molar-refractivity contribution >= 4 is 17.4 Å². The first-order chi connectivity index (χ1) is 11.5. The second-order valence-electron chi connectivity index (χ2n) is 6.13. The van der Waals surface area contributed by atoms with E-state index >= 15 is 0 Å². The summed E-state index contributed by atoms with van der Waals surface area (Å²) in [5.74, 6) is -0.235. The summed E-state index contributed by atoms with van der Waals surface area (Å²) >= 11 is 0. The van der Waals surface area contributed by atoms with E-state index in [1.807, 2.05) is 26.0 Å². The average molecular weight is 328 g/mol. The van der Waals surface area contributed by atoms with Gasteiger partial charge in [-0.05, 0) is 44.0 Å². The first-order valence-corrected chi connectivity index (χ1v) is 8.00. The van der Waals surface area contributed by atoms with E-state index in [1.165, 1.54) is 0 Å². The molecule has 0 unspecified atom stereocenters. The fourth-order valence-electron chi connectivity index (χ4n) is 3.09. The molecule has 0 radical (unpaired) electrons. The van der Waals surface area contributed by atoms with Gasteiger partial charge in [0.15, 0.2) is 5.78 Å². The lowest BCUT2D eigenvalue weighted by atomic mass is 10.0. The predicted molar refractivity (Wildman–Crippen MR) is 88.4 cm³/mol. The Morgan fingerprint density at radius 2 is 2.08 bits per heavy atom. The molecule has 0 spiro atoms. The van der Waals surface area contributed by atoms with Crippen molar-refractivity contribution in [3.8, 4) is 0 Å². The van der Waals surface area contributed by atoms with E-state index in [-0.39, 0.29) is 18.6 Å². The Hall–Kier alpha value is -2.63. The Bertz CT molecular complexity index is 775. The van der Waals surface area contributed by atoms with E-state index in [9.17, 15) is 9.59 Å².